The fourth-order valence-electron chi connectivity index (χ4n) is 1.76. The maximum absolute atomic E-state index is 11.8. The van der Waals surface area contributed by atoms with E-state index in [1.165, 1.54) is 11.3 Å². The van der Waals surface area contributed by atoms with E-state index in [0.717, 1.165) is 0 Å². The van der Waals surface area contributed by atoms with Gasteiger partial charge in [-0.3, -0.25) is 9.48 Å². The minimum atomic E-state index is -0.0378. The average Bonchev–Trinajstić information content (AvgIpc) is 3.06. The van der Waals surface area contributed by atoms with Crippen LogP contribution in [0.4, 0.5) is 10.7 Å². The van der Waals surface area contributed by atoms with Crippen molar-refractivity contribution in [2.75, 3.05) is 17.6 Å². The number of nitrogens with zero attached hydrogens (tertiary/aromatic N) is 3. The molecule has 2 heterocycles. The lowest BCUT2D eigenvalue weighted by Crippen LogP contribution is -2.10. The van der Waals surface area contributed by atoms with E-state index in [1.807, 2.05) is 12.3 Å². The SMILES string of the molecule is CCC(=O)c1sc(NCCn2cccn2)c(C#N)c1N. The van der Waals surface area contributed by atoms with Gasteiger partial charge in [0.15, 0.2) is 5.78 Å². The second kappa shape index (κ2) is 6.21. The predicted octanol–water partition coefficient (Wildman–Crippen LogP) is 2.10. The van der Waals surface area contributed by atoms with Crippen molar-refractivity contribution in [3.63, 3.8) is 0 Å². The minimum absolute atomic E-state index is 0.0378. The Morgan fingerprint density at radius 1 is 1.65 bits per heavy atom. The van der Waals surface area contributed by atoms with E-state index in [4.69, 9.17) is 11.0 Å². The molecule has 0 saturated carbocycles. The number of nitrogens with two attached hydrogens (primary N) is 1. The summed E-state index contributed by atoms with van der Waals surface area (Å²) in [4.78, 5) is 12.2. The van der Waals surface area contributed by atoms with Gasteiger partial charge in [0.1, 0.15) is 16.6 Å². The quantitative estimate of drug-likeness (QED) is 0.794. The van der Waals surface area contributed by atoms with Crippen LogP contribution in [0.15, 0.2) is 18.5 Å². The summed E-state index contributed by atoms with van der Waals surface area (Å²) in [6.45, 7) is 3.06. The highest BCUT2D eigenvalue weighted by atomic mass is 32.1. The molecule has 3 N–H and O–H groups in total. The Bertz CT molecular complexity index is 639. The Hall–Kier alpha value is -2.33. The molecule has 0 aromatic carbocycles. The summed E-state index contributed by atoms with van der Waals surface area (Å²) in [7, 11) is 0. The first-order valence-electron chi connectivity index (χ1n) is 6.24. The van der Waals surface area contributed by atoms with Crippen LogP contribution in [-0.2, 0) is 6.54 Å². The number of aromatic nitrogens is 2. The number of thiophene rings is 1. The van der Waals surface area contributed by atoms with Gasteiger partial charge in [0, 0.05) is 25.4 Å². The fraction of sp³-hybridized carbons (Fsp3) is 0.308. The first-order chi connectivity index (χ1) is 9.67. The number of nitrogens with one attached hydrogen (secondary N) is 1. The minimum Gasteiger partial charge on any atom is -0.396 e. The summed E-state index contributed by atoms with van der Waals surface area (Å²) in [5, 5.41) is 17.0. The highest BCUT2D eigenvalue weighted by Gasteiger charge is 2.19. The molecule has 20 heavy (non-hydrogen) atoms. The number of nitrogen functional groups attached to an aromatic ring is 1. The van der Waals surface area contributed by atoms with Crippen molar-refractivity contribution < 1.29 is 4.79 Å². The molecular weight excluding hydrogens is 274 g/mol. The fourth-order valence-corrected chi connectivity index (χ4v) is 2.87. The monoisotopic (exact) mass is 289 g/mol. The summed E-state index contributed by atoms with van der Waals surface area (Å²) >= 11 is 1.24. The molecule has 2 aromatic rings. The molecule has 0 fully saturated rings. The Morgan fingerprint density at radius 2 is 2.45 bits per heavy atom. The molecule has 104 valence electrons. The lowest BCUT2D eigenvalue weighted by molar-refractivity contribution is 0.0993. The van der Waals surface area contributed by atoms with Gasteiger partial charge in [-0.15, -0.1) is 11.3 Å². The second-order valence-corrected chi connectivity index (χ2v) is 5.15. The van der Waals surface area contributed by atoms with E-state index >= 15 is 0 Å². The zero-order valence-corrected chi connectivity index (χ0v) is 11.9. The normalized spacial score (nSPS) is 10.2. The molecule has 2 rings (SSSR count). The number of hydrogen-bond acceptors (Lipinski definition) is 6. The van der Waals surface area contributed by atoms with Crippen LogP contribution < -0.4 is 11.1 Å². The number of carbonyl (C=O) groups excluding carboxylic acids is 1. The molecule has 0 unspecified atom stereocenters. The van der Waals surface area contributed by atoms with Gasteiger partial charge in [0.2, 0.25) is 0 Å². The van der Waals surface area contributed by atoms with Crippen LogP contribution >= 0.6 is 11.3 Å². The predicted molar refractivity (Wildman–Crippen MR) is 78.8 cm³/mol. The maximum atomic E-state index is 11.8. The van der Waals surface area contributed by atoms with E-state index in [1.54, 1.807) is 17.8 Å². The number of Topliss-reactive ketones (excluding diaryl/α,β-unsaturated/α-hetero) is 1. The molecule has 7 heteroatoms. The Balaban J connectivity index is 2.11. The van der Waals surface area contributed by atoms with Crippen LogP contribution in [0.1, 0.15) is 28.6 Å². The Morgan fingerprint density at radius 3 is 3.05 bits per heavy atom. The van der Waals surface area contributed by atoms with E-state index in [9.17, 15) is 4.79 Å². The van der Waals surface area contributed by atoms with Crippen molar-refractivity contribution in [2.45, 2.75) is 19.9 Å². The van der Waals surface area contributed by atoms with Crippen LogP contribution in [0.3, 0.4) is 0 Å². The highest BCUT2D eigenvalue weighted by Crippen LogP contribution is 2.35. The van der Waals surface area contributed by atoms with E-state index in [2.05, 4.69) is 16.5 Å². The first kappa shape index (κ1) is 14.1. The topological polar surface area (TPSA) is 96.7 Å². The molecular formula is C13H15N5OS. The molecule has 0 amide bonds. The first-order valence-corrected chi connectivity index (χ1v) is 7.05. The van der Waals surface area contributed by atoms with Crippen molar-refractivity contribution in [2.24, 2.45) is 0 Å². The van der Waals surface area contributed by atoms with Crippen LogP contribution in [0.25, 0.3) is 0 Å². The number of hydrogen-bond donors (Lipinski definition) is 2. The van der Waals surface area contributed by atoms with Gasteiger partial charge in [-0.05, 0) is 6.07 Å². The van der Waals surface area contributed by atoms with Gasteiger partial charge in [-0.2, -0.15) is 10.4 Å². The third kappa shape index (κ3) is 2.81. The third-order valence-electron chi connectivity index (χ3n) is 2.82. The van der Waals surface area contributed by atoms with Crippen molar-refractivity contribution in [3.05, 3.63) is 28.9 Å². The largest absolute Gasteiger partial charge is 0.396 e. The number of ketones is 1. The molecule has 0 spiro atoms. The van der Waals surface area contributed by atoms with Gasteiger partial charge in [0.05, 0.1) is 17.1 Å². The van der Waals surface area contributed by atoms with E-state index < -0.39 is 0 Å². The Labute approximate surface area is 120 Å². The van der Waals surface area contributed by atoms with Crippen LogP contribution in [0.5, 0.6) is 0 Å². The van der Waals surface area contributed by atoms with Gasteiger partial charge in [-0.1, -0.05) is 6.92 Å². The second-order valence-electron chi connectivity index (χ2n) is 4.13. The van der Waals surface area contributed by atoms with Crippen LogP contribution in [-0.4, -0.2) is 22.1 Å². The average molecular weight is 289 g/mol. The summed E-state index contributed by atoms with van der Waals surface area (Å²) in [5.41, 5.74) is 6.50. The van der Waals surface area contributed by atoms with Gasteiger partial charge < -0.3 is 11.1 Å². The molecule has 0 aliphatic heterocycles. The summed E-state index contributed by atoms with van der Waals surface area (Å²) in [5.74, 6) is -0.0378. The third-order valence-corrected chi connectivity index (χ3v) is 4.02. The summed E-state index contributed by atoms with van der Waals surface area (Å²) < 4.78 is 1.79. The molecule has 0 radical (unpaired) electrons. The molecule has 0 aliphatic carbocycles. The maximum Gasteiger partial charge on any atom is 0.174 e. The number of anilines is 2. The van der Waals surface area contributed by atoms with Crippen molar-refractivity contribution in [3.8, 4) is 6.07 Å². The lowest BCUT2D eigenvalue weighted by Gasteiger charge is -2.04. The molecule has 6 nitrogen and oxygen atoms in total. The summed E-state index contributed by atoms with van der Waals surface area (Å²) in [6, 6.07) is 3.90. The standard InChI is InChI=1S/C13H15N5OS/c1-2-10(19)12-11(15)9(8-14)13(20-12)16-5-7-18-6-3-4-17-18/h3-4,6,16H,2,5,7,15H2,1H3. The summed E-state index contributed by atoms with van der Waals surface area (Å²) in [6.07, 6.45) is 3.95. The van der Waals surface area contributed by atoms with Crippen LogP contribution in [0, 0.1) is 11.3 Å². The zero-order valence-electron chi connectivity index (χ0n) is 11.1. The van der Waals surface area contributed by atoms with Gasteiger partial charge >= 0.3 is 0 Å². The molecule has 2 aromatic heterocycles. The van der Waals surface area contributed by atoms with Crippen LogP contribution in [0.2, 0.25) is 0 Å². The van der Waals surface area contributed by atoms with Crippen molar-refractivity contribution >= 4 is 27.8 Å². The molecule has 0 atom stereocenters. The number of rotatable bonds is 6. The van der Waals surface area contributed by atoms with E-state index in [-0.39, 0.29) is 11.5 Å². The highest BCUT2D eigenvalue weighted by molar-refractivity contribution is 7.19. The van der Waals surface area contributed by atoms with E-state index in [0.29, 0.717) is 35.0 Å². The van der Waals surface area contributed by atoms with Gasteiger partial charge in [-0.25, -0.2) is 0 Å². The Kier molecular flexibility index (Phi) is 4.38. The van der Waals surface area contributed by atoms with Crippen molar-refractivity contribution in [1.82, 2.24) is 9.78 Å². The number of nitriles is 1. The smallest absolute Gasteiger partial charge is 0.174 e. The molecule has 0 saturated heterocycles. The zero-order chi connectivity index (χ0) is 14.5. The number of carbonyl (C=O) groups is 1. The van der Waals surface area contributed by atoms with Gasteiger partial charge in [0.25, 0.3) is 0 Å². The molecule has 0 bridgehead atoms. The van der Waals surface area contributed by atoms with Crippen molar-refractivity contribution in [1.29, 1.82) is 5.26 Å². The lowest BCUT2D eigenvalue weighted by atomic mass is 10.2. The molecule has 0 aliphatic rings.